The van der Waals surface area contributed by atoms with Gasteiger partial charge in [-0.15, -0.1) is 0 Å². The lowest BCUT2D eigenvalue weighted by atomic mass is 9.85. The second-order valence-electron chi connectivity index (χ2n) is 10.6. The third-order valence-corrected chi connectivity index (χ3v) is 6.86. The fourth-order valence-electron chi connectivity index (χ4n) is 4.82. The van der Waals surface area contributed by atoms with Crippen LogP contribution in [0, 0.1) is 22.7 Å². The van der Waals surface area contributed by atoms with Crippen molar-refractivity contribution in [1.82, 2.24) is 25.5 Å². The number of fused-ring (bicyclic) bond motifs is 1. The second kappa shape index (κ2) is 8.76. The van der Waals surface area contributed by atoms with E-state index >= 15 is 0 Å². The predicted octanol–water partition coefficient (Wildman–Crippen LogP) is 0.695. The molecule has 1 saturated carbocycles. The zero-order valence-corrected chi connectivity index (χ0v) is 20.0. The number of aromatic nitrogens is 2. The van der Waals surface area contributed by atoms with Crippen LogP contribution in [0.3, 0.4) is 0 Å². The number of carbonyl (C=O) groups is 4. The van der Waals surface area contributed by atoms with Crippen molar-refractivity contribution in [2.24, 2.45) is 28.4 Å². The number of carbonyl (C=O) groups excluding carboxylic acids is 4. The molecular formula is C22H29F3N6O4. The van der Waals surface area contributed by atoms with E-state index < -0.39 is 53.3 Å². The third kappa shape index (κ3) is 5.08. The molecule has 2 aliphatic rings. The number of hydrogen-bond acceptors (Lipinski definition) is 6. The number of amides is 4. The number of nitrogens with two attached hydrogens (primary N) is 1. The van der Waals surface area contributed by atoms with E-state index in [1.807, 2.05) is 13.8 Å². The van der Waals surface area contributed by atoms with Crippen LogP contribution < -0.4 is 16.4 Å². The quantitative estimate of drug-likeness (QED) is 0.526. The zero-order valence-electron chi connectivity index (χ0n) is 20.0. The Labute approximate surface area is 200 Å². The van der Waals surface area contributed by atoms with Crippen molar-refractivity contribution in [2.75, 3.05) is 6.54 Å². The van der Waals surface area contributed by atoms with Crippen LogP contribution >= 0.6 is 0 Å². The van der Waals surface area contributed by atoms with E-state index in [2.05, 4.69) is 15.3 Å². The number of alkyl halides is 3. The molecule has 13 heteroatoms. The first-order chi connectivity index (χ1) is 16.0. The number of rotatable bonds is 6. The summed E-state index contributed by atoms with van der Waals surface area (Å²) in [5.41, 5.74) is 4.16. The molecule has 2 heterocycles. The number of primary amides is 1. The van der Waals surface area contributed by atoms with E-state index in [4.69, 9.17) is 5.73 Å². The molecule has 10 nitrogen and oxygen atoms in total. The number of piperidine rings is 1. The summed E-state index contributed by atoms with van der Waals surface area (Å²) in [6.45, 7) is 8.50. The first-order valence-corrected chi connectivity index (χ1v) is 11.0. The Kier molecular flexibility index (Phi) is 6.59. The molecule has 4 amide bonds. The number of halogens is 3. The van der Waals surface area contributed by atoms with E-state index in [1.54, 1.807) is 5.32 Å². The Morgan fingerprint density at radius 1 is 1.14 bits per heavy atom. The Balaban J connectivity index is 1.90. The fourth-order valence-corrected chi connectivity index (χ4v) is 4.82. The summed E-state index contributed by atoms with van der Waals surface area (Å²) in [5.74, 6) is -5.02. The van der Waals surface area contributed by atoms with Gasteiger partial charge in [-0.1, -0.05) is 34.6 Å². The first kappa shape index (κ1) is 26.4. The maximum Gasteiger partial charge on any atom is 0.471 e. The SMILES string of the molecule is CC(C)(C)[C@H](NC(=O)C(F)(F)F)C(=O)N1C[C@H]2[C@@H]([C@H]1C(=O)NC(C(N)=O)c1cnccn1)C2(C)C. The summed E-state index contributed by atoms with van der Waals surface area (Å²) in [5, 5.41) is 4.31. The van der Waals surface area contributed by atoms with E-state index in [0.29, 0.717) is 0 Å². The van der Waals surface area contributed by atoms with Gasteiger partial charge in [-0.25, -0.2) is 0 Å². The lowest BCUT2D eigenvalue weighted by Gasteiger charge is -2.37. The highest BCUT2D eigenvalue weighted by atomic mass is 19.4. The normalized spacial score (nSPS) is 24.7. The van der Waals surface area contributed by atoms with E-state index in [1.165, 1.54) is 44.3 Å². The summed E-state index contributed by atoms with van der Waals surface area (Å²) in [7, 11) is 0. The van der Waals surface area contributed by atoms with Gasteiger partial charge in [-0.2, -0.15) is 13.2 Å². The average Bonchev–Trinajstić information content (AvgIpc) is 3.08. The minimum atomic E-state index is -5.18. The number of likely N-dealkylation sites (tertiary alicyclic amines) is 1. The maximum absolute atomic E-state index is 13.5. The zero-order chi connectivity index (χ0) is 26.5. The standard InChI is InChI=1S/C22H29F3N6O4/c1-20(2,3)15(30-19(35)22(23,24)25)18(34)31-9-10-12(21(10,4)5)14(31)17(33)29-13(16(26)32)11-8-27-6-7-28-11/h6-8,10,12-15H,9H2,1-5H3,(H2,26,32)(H,29,33)(H,30,35)/t10-,12-,13?,14-,15+/m0/s1. The van der Waals surface area contributed by atoms with Crippen molar-refractivity contribution in [2.45, 2.75) is 58.9 Å². The second-order valence-corrected chi connectivity index (χ2v) is 10.6. The maximum atomic E-state index is 13.5. The van der Waals surface area contributed by atoms with Crippen LogP contribution in [0.15, 0.2) is 18.6 Å². The van der Waals surface area contributed by atoms with Gasteiger partial charge in [-0.3, -0.25) is 29.1 Å². The van der Waals surface area contributed by atoms with Gasteiger partial charge < -0.3 is 21.3 Å². The van der Waals surface area contributed by atoms with Gasteiger partial charge in [0, 0.05) is 18.9 Å². The van der Waals surface area contributed by atoms with Crippen LogP contribution in [0.4, 0.5) is 13.2 Å². The Hall–Kier alpha value is -3.25. The molecule has 1 unspecified atom stereocenters. The van der Waals surface area contributed by atoms with E-state index in [9.17, 15) is 32.3 Å². The molecule has 0 spiro atoms. The molecule has 1 aliphatic carbocycles. The van der Waals surface area contributed by atoms with Gasteiger partial charge >= 0.3 is 12.1 Å². The molecule has 5 atom stereocenters. The van der Waals surface area contributed by atoms with Crippen molar-refractivity contribution in [3.8, 4) is 0 Å². The minimum Gasteiger partial charge on any atom is -0.368 e. The summed E-state index contributed by atoms with van der Waals surface area (Å²) >= 11 is 0. The molecule has 1 aromatic rings. The fraction of sp³-hybridized carbons (Fsp3) is 0.636. The Bertz CT molecular complexity index is 1020. The first-order valence-electron chi connectivity index (χ1n) is 11.0. The topological polar surface area (TPSA) is 147 Å². The van der Waals surface area contributed by atoms with Gasteiger partial charge in [0.2, 0.25) is 17.7 Å². The van der Waals surface area contributed by atoms with Crippen LogP contribution in [-0.4, -0.2) is 63.3 Å². The van der Waals surface area contributed by atoms with Crippen LogP contribution in [-0.2, 0) is 19.2 Å². The average molecular weight is 499 g/mol. The molecule has 1 aliphatic heterocycles. The van der Waals surface area contributed by atoms with Crippen molar-refractivity contribution >= 4 is 23.6 Å². The molecule has 4 N–H and O–H groups in total. The molecule has 0 bridgehead atoms. The van der Waals surface area contributed by atoms with Gasteiger partial charge in [-0.05, 0) is 22.7 Å². The van der Waals surface area contributed by atoms with Crippen molar-refractivity contribution in [3.05, 3.63) is 24.3 Å². The number of nitrogens with one attached hydrogen (secondary N) is 2. The molecule has 1 saturated heterocycles. The lowest BCUT2D eigenvalue weighted by molar-refractivity contribution is -0.176. The van der Waals surface area contributed by atoms with Crippen LogP contribution in [0.25, 0.3) is 0 Å². The van der Waals surface area contributed by atoms with E-state index in [0.717, 1.165) is 0 Å². The Morgan fingerprint density at radius 3 is 2.26 bits per heavy atom. The van der Waals surface area contributed by atoms with Crippen molar-refractivity contribution in [3.63, 3.8) is 0 Å². The molecular weight excluding hydrogens is 469 g/mol. The van der Waals surface area contributed by atoms with Crippen molar-refractivity contribution in [1.29, 1.82) is 0 Å². The molecule has 0 radical (unpaired) electrons. The smallest absolute Gasteiger partial charge is 0.368 e. The summed E-state index contributed by atoms with van der Waals surface area (Å²) in [4.78, 5) is 59.6. The summed E-state index contributed by atoms with van der Waals surface area (Å²) in [6.07, 6.45) is -1.22. The molecule has 1 aromatic heterocycles. The molecule has 192 valence electrons. The minimum absolute atomic E-state index is 0.0790. The van der Waals surface area contributed by atoms with Gasteiger partial charge in [0.25, 0.3) is 0 Å². The summed E-state index contributed by atoms with van der Waals surface area (Å²) in [6, 6.07) is -3.94. The summed E-state index contributed by atoms with van der Waals surface area (Å²) < 4.78 is 38.8. The molecule has 35 heavy (non-hydrogen) atoms. The number of nitrogens with zero attached hydrogens (tertiary/aromatic N) is 3. The van der Waals surface area contributed by atoms with Crippen LogP contribution in [0.1, 0.15) is 46.4 Å². The number of hydrogen-bond donors (Lipinski definition) is 3. The highest BCUT2D eigenvalue weighted by Gasteiger charge is 2.70. The monoisotopic (exact) mass is 498 g/mol. The highest BCUT2D eigenvalue weighted by Crippen LogP contribution is 2.65. The molecule has 3 rings (SSSR count). The van der Waals surface area contributed by atoms with Gasteiger partial charge in [0.15, 0.2) is 6.04 Å². The van der Waals surface area contributed by atoms with Gasteiger partial charge in [0.05, 0.1) is 11.9 Å². The molecule has 0 aromatic carbocycles. The predicted molar refractivity (Wildman–Crippen MR) is 116 cm³/mol. The largest absolute Gasteiger partial charge is 0.471 e. The van der Waals surface area contributed by atoms with Crippen molar-refractivity contribution < 1.29 is 32.3 Å². The van der Waals surface area contributed by atoms with Crippen LogP contribution in [0.2, 0.25) is 0 Å². The molecule has 2 fully saturated rings. The van der Waals surface area contributed by atoms with E-state index in [-0.39, 0.29) is 29.5 Å². The van der Waals surface area contributed by atoms with Gasteiger partial charge in [0.1, 0.15) is 12.1 Å². The third-order valence-electron chi connectivity index (χ3n) is 6.86. The Morgan fingerprint density at radius 2 is 1.77 bits per heavy atom. The van der Waals surface area contributed by atoms with Crippen LogP contribution in [0.5, 0.6) is 0 Å². The highest BCUT2D eigenvalue weighted by molar-refractivity contribution is 5.96. The lowest BCUT2D eigenvalue weighted by Crippen LogP contribution is -2.61.